The number of halogens is 1. The molecule has 1 aliphatic rings. The average Bonchev–Trinajstić information content (AvgIpc) is 2.85. The van der Waals surface area contributed by atoms with Crippen LogP contribution in [-0.4, -0.2) is 19.8 Å². The van der Waals surface area contributed by atoms with Gasteiger partial charge in [0, 0.05) is 23.0 Å². The maximum atomic E-state index is 5.55. The Morgan fingerprint density at radius 2 is 2.33 bits per heavy atom. The van der Waals surface area contributed by atoms with Crippen LogP contribution in [0.5, 0.6) is 0 Å². The summed E-state index contributed by atoms with van der Waals surface area (Å²) in [6.45, 7) is 7.17. The number of nitrogens with one attached hydrogen (secondary N) is 1. The van der Waals surface area contributed by atoms with Crippen molar-refractivity contribution >= 4 is 15.9 Å². The standard InChI is InChI=1S/C15H22BrNO/c1-3-7-17-15(12-6-8-18-10-12)13-5-4-11(2)9-14(13)16/h4-5,9,12,15,17H,3,6-8,10H2,1-2H3. The molecular weight excluding hydrogens is 290 g/mol. The predicted molar refractivity (Wildman–Crippen MR) is 78.8 cm³/mol. The molecule has 1 aliphatic heterocycles. The fourth-order valence-electron chi connectivity index (χ4n) is 2.53. The molecule has 0 bridgehead atoms. The van der Waals surface area contributed by atoms with Crippen LogP contribution in [0.25, 0.3) is 0 Å². The molecule has 3 heteroatoms. The highest BCUT2D eigenvalue weighted by Crippen LogP contribution is 2.33. The van der Waals surface area contributed by atoms with Gasteiger partial charge in [-0.05, 0) is 43.5 Å². The van der Waals surface area contributed by atoms with Crippen molar-refractivity contribution in [1.82, 2.24) is 5.32 Å². The Morgan fingerprint density at radius 1 is 1.50 bits per heavy atom. The van der Waals surface area contributed by atoms with Gasteiger partial charge in [0.2, 0.25) is 0 Å². The Bertz CT molecular complexity index is 388. The highest BCUT2D eigenvalue weighted by molar-refractivity contribution is 9.10. The number of benzene rings is 1. The van der Waals surface area contributed by atoms with Crippen molar-refractivity contribution in [3.63, 3.8) is 0 Å². The lowest BCUT2D eigenvalue weighted by Crippen LogP contribution is -2.29. The van der Waals surface area contributed by atoms with Crippen LogP contribution in [0.15, 0.2) is 22.7 Å². The van der Waals surface area contributed by atoms with Crippen molar-refractivity contribution < 1.29 is 4.74 Å². The Labute approximate surface area is 118 Å². The highest BCUT2D eigenvalue weighted by atomic mass is 79.9. The number of aryl methyl sites for hydroxylation is 1. The van der Waals surface area contributed by atoms with Crippen molar-refractivity contribution in [1.29, 1.82) is 0 Å². The van der Waals surface area contributed by atoms with E-state index in [9.17, 15) is 0 Å². The third-order valence-corrected chi connectivity index (χ3v) is 4.23. The molecule has 2 rings (SSSR count). The van der Waals surface area contributed by atoms with Crippen LogP contribution in [0.3, 0.4) is 0 Å². The molecule has 1 N–H and O–H groups in total. The van der Waals surface area contributed by atoms with Gasteiger partial charge in [-0.1, -0.05) is 35.0 Å². The molecule has 1 fully saturated rings. The largest absolute Gasteiger partial charge is 0.381 e. The molecule has 0 amide bonds. The van der Waals surface area contributed by atoms with Crippen LogP contribution in [-0.2, 0) is 4.74 Å². The molecule has 0 radical (unpaired) electrons. The molecule has 1 aromatic carbocycles. The Morgan fingerprint density at radius 3 is 2.94 bits per heavy atom. The van der Waals surface area contributed by atoms with E-state index in [1.54, 1.807) is 0 Å². The van der Waals surface area contributed by atoms with Gasteiger partial charge >= 0.3 is 0 Å². The predicted octanol–water partition coefficient (Wildman–Crippen LogP) is 3.83. The van der Waals surface area contributed by atoms with Crippen LogP contribution in [0.1, 0.15) is 36.9 Å². The van der Waals surface area contributed by atoms with Crippen molar-refractivity contribution in [2.45, 2.75) is 32.7 Å². The second kappa shape index (κ2) is 6.69. The summed E-state index contributed by atoms with van der Waals surface area (Å²) in [4.78, 5) is 0. The molecule has 0 aliphatic carbocycles. The van der Waals surface area contributed by atoms with E-state index in [1.807, 2.05) is 0 Å². The minimum Gasteiger partial charge on any atom is -0.381 e. The molecule has 1 heterocycles. The zero-order chi connectivity index (χ0) is 13.0. The Kier molecular flexibility index (Phi) is 5.22. The topological polar surface area (TPSA) is 21.3 Å². The summed E-state index contributed by atoms with van der Waals surface area (Å²) in [7, 11) is 0. The first-order valence-electron chi connectivity index (χ1n) is 6.79. The minimum atomic E-state index is 0.405. The van der Waals surface area contributed by atoms with Crippen molar-refractivity contribution in [2.75, 3.05) is 19.8 Å². The van der Waals surface area contributed by atoms with Crippen molar-refractivity contribution in [3.8, 4) is 0 Å². The molecule has 2 nitrogen and oxygen atoms in total. The van der Waals surface area contributed by atoms with E-state index in [2.05, 4.69) is 53.3 Å². The lowest BCUT2D eigenvalue weighted by Gasteiger charge is -2.25. The molecule has 2 atom stereocenters. The van der Waals surface area contributed by atoms with E-state index < -0.39 is 0 Å². The van der Waals surface area contributed by atoms with E-state index >= 15 is 0 Å². The fourth-order valence-corrected chi connectivity index (χ4v) is 3.27. The monoisotopic (exact) mass is 311 g/mol. The summed E-state index contributed by atoms with van der Waals surface area (Å²) in [6.07, 6.45) is 2.31. The lowest BCUT2D eigenvalue weighted by molar-refractivity contribution is 0.176. The number of hydrogen-bond donors (Lipinski definition) is 1. The number of hydrogen-bond acceptors (Lipinski definition) is 2. The smallest absolute Gasteiger partial charge is 0.0513 e. The number of ether oxygens (including phenoxy) is 1. The fraction of sp³-hybridized carbons (Fsp3) is 0.600. The summed E-state index contributed by atoms with van der Waals surface area (Å²) >= 11 is 3.71. The maximum Gasteiger partial charge on any atom is 0.0513 e. The van der Waals surface area contributed by atoms with Gasteiger partial charge in [0.05, 0.1) is 6.61 Å². The second-order valence-electron chi connectivity index (χ2n) is 5.08. The second-order valence-corrected chi connectivity index (χ2v) is 5.93. The zero-order valence-corrected chi connectivity index (χ0v) is 12.8. The van der Waals surface area contributed by atoms with Gasteiger partial charge in [0.25, 0.3) is 0 Å². The van der Waals surface area contributed by atoms with Gasteiger partial charge in [-0.25, -0.2) is 0 Å². The van der Waals surface area contributed by atoms with Crippen LogP contribution in [0, 0.1) is 12.8 Å². The molecule has 2 unspecified atom stereocenters. The first-order valence-corrected chi connectivity index (χ1v) is 7.59. The third kappa shape index (κ3) is 3.34. The summed E-state index contributed by atoms with van der Waals surface area (Å²) in [5.41, 5.74) is 2.66. The highest BCUT2D eigenvalue weighted by Gasteiger charge is 2.27. The zero-order valence-electron chi connectivity index (χ0n) is 11.2. The Balaban J connectivity index is 2.20. The van der Waals surface area contributed by atoms with E-state index in [4.69, 9.17) is 4.74 Å². The average molecular weight is 312 g/mol. The molecule has 0 aromatic heterocycles. The van der Waals surface area contributed by atoms with Gasteiger partial charge in [-0.2, -0.15) is 0 Å². The van der Waals surface area contributed by atoms with Crippen molar-refractivity contribution in [2.24, 2.45) is 5.92 Å². The molecule has 100 valence electrons. The quantitative estimate of drug-likeness (QED) is 0.892. The first-order chi connectivity index (χ1) is 8.72. The van der Waals surface area contributed by atoms with Gasteiger partial charge < -0.3 is 10.1 Å². The van der Waals surface area contributed by atoms with E-state index in [1.165, 1.54) is 15.6 Å². The van der Waals surface area contributed by atoms with Crippen molar-refractivity contribution in [3.05, 3.63) is 33.8 Å². The van der Waals surface area contributed by atoms with Crippen LogP contribution < -0.4 is 5.32 Å². The summed E-state index contributed by atoms with van der Waals surface area (Å²) in [5.74, 6) is 0.593. The van der Waals surface area contributed by atoms with Gasteiger partial charge in [-0.15, -0.1) is 0 Å². The SMILES string of the molecule is CCCNC(c1ccc(C)cc1Br)C1CCOC1. The number of rotatable bonds is 5. The summed E-state index contributed by atoms with van der Waals surface area (Å²) in [6, 6.07) is 7.04. The molecular formula is C15H22BrNO. The van der Waals surface area contributed by atoms with Gasteiger partial charge in [0.15, 0.2) is 0 Å². The van der Waals surface area contributed by atoms with Crippen LogP contribution >= 0.6 is 15.9 Å². The third-order valence-electron chi connectivity index (χ3n) is 3.54. The molecule has 0 spiro atoms. The van der Waals surface area contributed by atoms with Crippen LogP contribution in [0.4, 0.5) is 0 Å². The van der Waals surface area contributed by atoms with E-state index in [0.717, 1.165) is 32.6 Å². The van der Waals surface area contributed by atoms with E-state index in [-0.39, 0.29) is 0 Å². The summed E-state index contributed by atoms with van der Waals surface area (Å²) < 4.78 is 6.76. The summed E-state index contributed by atoms with van der Waals surface area (Å²) in [5, 5.41) is 3.68. The molecule has 0 saturated carbocycles. The molecule has 1 saturated heterocycles. The normalized spacial score (nSPS) is 21.2. The van der Waals surface area contributed by atoms with E-state index in [0.29, 0.717) is 12.0 Å². The molecule has 1 aromatic rings. The maximum absolute atomic E-state index is 5.55. The van der Waals surface area contributed by atoms with Gasteiger partial charge in [0.1, 0.15) is 0 Å². The minimum absolute atomic E-state index is 0.405. The van der Waals surface area contributed by atoms with Crippen LogP contribution in [0.2, 0.25) is 0 Å². The lowest BCUT2D eigenvalue weighted by atomic mass is 9.91. The Hall–Kier alpha value is -0.380. The van der Waals surface area contributed by atoms with Gasteiger partial charge in [-0.3, -0.25) is 0 Å². The first kappa shape index (κ1) is 14.0. The molecule has 18 heavy (non-hydrogen) atoms.